The summed E-state index contributed by atoms with van der Waals surface area (Å²) in [7, 11) is 0. The first-order valence-electron chi connectivity index (χ1n) is 16.7. The van der Waals surface area contributed by atoms with Crippen molar-refractivity contribution in [2.75, 3.05) is 4.90 Å². The molecule has 2 aliphatic rings. The Kier molecular flexibility index (Phi) is 5.89. The van der Waals surface area contributed by atoms with Crippen LogP contribution in [0.15, 0.2) is 156 Å². The third-order valence-electron chi connectivity index (χ3n) is 10.1. The third kappa shape index (κ3) is 4.24. The van der Waals surface area contributed by atoms with Crippen molar-refractivity contribution >= 4 is 39.0 Å². The summed E-state index contributed by atoms with van der Waals surface area (Å²) in [5.74, 6) is 2.89. The minimum atomic E-state index is -0.122. The van der Waals surface area contributed by atoms with E-state index >= 15 is 0 Å². The summed E-state index contributed by atoms with van der Waals surface area (Å²) in [4.78, 5) is 2.25. The number of nitrogens with zero attached hydrogens (tertiary/aromatic N) is 1. The highest BCUT2D eigenvalue weighted by atomic mass is 16.6. The number of rotatable bonds is 4. The molecule has 7 aromatic carbocycles. The molecule has 1 aliphatic carbocycles. The van der Waals surface area contributed by atoms with Crippen LogP contribution in [0.3, 0.4) is 0 Å². The van der Waals surface area contributed by atoms with E-state index in [1.54, 1.807) is 0 Å². The average Bonchev–Trinajstić information content (AvgIpc) is 3.62. The number of hydrogen-bond donors (Lipinski definition) is 0. The van der Waals surface area contributed by atoms with E-state index in [9.17, 15) is 0 Å². The van der Waals surface area contributed by atoms with E-state index in [0.29, 0.717) is 11.5 Å². The molecule has 0 spiro atoms. The van der Waals surface area contributed by atoms with Gasteiger partial charge < -0.3 is 18.8 Å². The molecule has 234 valence electrons. The number of ether oxygens (including phenoxy) is 2. The molecule has 2 heterocycles. The summed E-state index contributed by atoms with van der Waals surface area (Å²) >= 11 is 0. The van der Waals surface area contributed by atoms with Crippen molar-refractivity contribution in [1.29, 1.82) is 0 Å². The standard InChI is InChI=1S/C45H31NO3/c1-45(2)36-18-10-9-16-33(36)35-26-42-43(27-37(35)45)49-41-24-28(20-23-38(41)47-42)32-17-11-19-39-44(32)34-22-21-31(25-40(34)48-39)46(29-12-5-3-6-13-29)30-14-7-4-8-15-30/h3-27H,1-2H3. The molecule has 0 amide bonds. The summed E-state index contributed by atoms with van der Waals surface area (Å²) in [6.45, 7) is 4.55. The van der Waals surface area contributed by atoms with Gasteiger partial charge in [0.05, 0.1) is 0 Å². The second-order valence-corrected chi connectivity index (χ2v) is 13.3. The van der Waals surface area contributed by atoms with Gasteiger partial charge in [-0.2, -0.15) is 0 Å². The molecule has 4 nitrogen and oxygen atoms in total. The monoisotopic (exact) mass is 633 g/mol. The molecular weight excluding hydrogens is 602 g/mol. The highest BCUT2D eigenvalue weighted by Crippen LogP contribution is 2.55. The highest BCUT2D eigenvalue weighted by Gasteiger charge is 2.37. The molecule has 0 fully saturated rings. The Morgan fingerprint density at radius 1 is 0.449 bits per heavy atom. The van der Waals surface area contributed by atoms with E-state index in [4.69, 9.17) is 13.9 Å². The summed E-state index contributed by atoms with van der Waals surface area (Å²) in [5, 5.41) is 2.14. The fraction of sp³-hybridized carbons (Fsp3) is 0.0667. The van der Waals surface area contributed by atoms with Gasteiger partial charge in [0.15, 0.2) is 23.0 Å². The van der Waals surface area contributed by atoms with Crippen LogP contribution < -0.4 is 14.4 Å². The van der Waals surface area contributed by atoms with Crippen LogP contribution >= 0.6 is 0 Å². The van der Waals surface area contributed by atoms with Crippen molar-refractivity contribution in [3.05, 3.63) is 163 Å². The number of para-hydroxylation sites is 2. The van der Waals surface area contributed by atoms with E-state index in [1.165, 1.54) is 22.3 Å². The van der Waals surface area contributed by atoms with Crippen LogP contribution in [0, 0.1) is 0 Å². The van der Waals surface area contributed by atoms with Gasteiger partial charge in [-0.15, -0.1) is 0 Å². The Morgan fingerprint density at radius 3 is 1.92 bits per heavy atom. The zero-order valence-corrected chi connectivity index (χ0v) is 27.1. The maximum absolute atomic E-state index is 6.61. The summed E-state index contributed by atoms with van der Waals surface area (Å²) in [6.07, 6.45) is 0. The van der Waals surface area contributed by atoms with Crippen LogP contribution in [0.5, 0.6) is 23.0 Å². The lowest BCUT2D eigenvalue weighted by Crippen LogP contribution is -2.15. The molecule has 1 aromatic heterocycles. The molecule has 0 unspecified atom stereocenters. The van der Waals surface area contributed by atoms with E-state index in [0.717, 1.165) is 61.6 Å². The first-order valence-corrected chi connectivity index (χ1v) is 16.7. The van der Waals surface area contributed by atoms with Gasteiger partial charge in [0.25, 0.3) is 0 Å². The molecule has 0 N–H and O–H groups in total. The summed E-state index contributed by atoms with van der Waals surface area (Å²) in [6, 6.07) is 52.7. The van der Waals surface area contributed by atoms with E-state index in [-0.39, 0.29) is 5.41 Å². The van der Waals surface area contributed by atoms with Crippen molar-refractivity contribution in [2.45, 2.75) is 19.3 Å². The topological polar surface area (TPSA) is 34.8 Å². The van der Waals surface area contributed by atoms with Gasteiger partial charge in [0.2, 0.25) is 0 Å². The lowest BCUT2D eigenvalue weighted by molar-refractivity contribution is 0.359. The third-order valence-corrected chi connectivity index (χ3v) is 10.1. The summed E-state index contributed by atoms with van der Waals surface area (Å²) in [5.41, 5.74) is 11.9. The largest absolute Gasteiger partial charge is 0.456 e. The van der Waals surface area contributed by atoms with Gasteiger partial charge in [-0.1, -0.05) is 92.7 Å². The SMILES string of the molecule is CC1(C)c2ccccc2-c2cc3c(cc21)Oc1cc(-c2cccc4oc5cc(N(c6ccccc6)c6ccccc6)ccc5c24)ccc1O3. The number of hydrogen-bond acceptors (Lipinski definition) is 4. The van der Waals surface area contributed by atoms with Crippen LogP contribution in [0.25, 0.3) is 44.2 Å². The van der Waals surface area contributed by atoms with Gasteiger partial charge in [-0.25, -0.2) is 0 Å². The molecule has 0 bridgehead atoms. The van der Waals surface area contributed by atoms with Crippen LogP contribution in [-0.4, -0.2) is 0 Å². The van der Waals surface area contributed by atoms with Gasteiger partial charge in [0, 0.05) is 39.3 Å². The number of fused-ring (bicyclic) bond motifs is 8. The Bertz CT molecular complexity index is 2540. The summed E-state index contributed by atoms with van der Waals surface area (Å²) < 4.78 is 19.6. The Hall–Kier alpha value is -6.26. The second-order valence-electron chi connectivity index (χ2n) is 13.3. The van der Waals surface area contributed by atoms with E-state index in [2.05, 4.69) is 146 Å². The molecule has 10 rings (SSSR count). The van der Waals surface area contributed by atoms with Crippen LogP contribution in [0.4, 0.5) is 17.1 Å². The molecule has 0 radical (unpaired) electrons. The molecule has 49 heavy (non-hydrogen) atoms. The van der Waals surface area contributed by atoms with Gasteiger partial charge in [0.1, 0.15) is 11.2 Å². The van der Waals surface area contributed by atoms with Gasteiger partial charge in [-0.3, -0.25) is 0 Å². The van der Waals surface area contributed by atoms with Gasteiger partial charge in [-0.05, 0) is 100 Å². The predicted molar refractivity (Wildman–Crippen MR) is 198 cm³/mol. The van der Waals surface area contributed by atoms with Crippen molar-refractivity contribution in [3.63, 3.8) is 0 Å². The lowest BCUT2D eigenvalue weighted by atomic mass is 9.82. The van der Waals surface area contributed by atoms with Crippen LogP contribution in [0.2, 0.25) is 0 Å². The number of furan rings is 1. The zero-order valence-electron chi connectivity index (χ0n) is 27.1. The maximum atomic E-state index is 6.61. The van der Waals surface area contributed by atoms with E-state index < -0.39 is 0 Å². The van der Waals surface area contributed by atoms with Crippen molar-refractivity contribution in [2.24, 2.45) is 0 Å². The quantitative estimate of drug-likeness (QED) is 0.193. The molecule has 0 saturated heterocycles. The Labute approximate surface area is 284 Å². The van der Waals surface area contributed by atoms with E-state index in [1.807, 2.05) is 24.3 Å². The zero-order chi connectivity index (χ0) is 32.7. The van der Waals surface area contributed by atoms with Gasteiger partial charge >= 0.3 is 0 Å². The molecule has 1 aliphatic heterocycles. The normalized spacial score (nSPS) is 13.6. The fourth-order valence-corrected chi connectivity index (χ4v) is 7.74. The highest BCUT2D eigenvalue weighted by molar-refractivity contribution is 6.13. The number of benzene rings is 7. The molecule has 0 atom stereocenters. The Morgan fingerprint density at radius 2 is 1.12 bits per heavy atom. The fourth-order valence-electron chi connectivity index (χ4n) is 7.74. The van der Waals surface area contributed by atoms with Crippen molar-refractivity contribution < 1.29 is 13.9 Å². The molecule has 8 aromatic rings. The maximum Gasteiger partial charge on any atom is 0.170 e. The molecular formula is C45H31NO3. The van der Waals surface area contributed by atoms with Crippen molar-refractivity contribution in [3.8, 4) is 45.3 Å². The number of anilines is 3. The second kappa shape index (κ2) is 10.4. The molecule has 4 heteroatoms. The van der Waals surface area contributed by atoms with Crippen molar-refractivity contribution in [1.82, 2.24) is 0 Å². The smallest absolute Gasteiger partial charge is 0.170 e. The first-order chi connectivity index (χ1) is 24.0. The van der Waals surface area contributed by atoms with Crippen LogP contribution in [-0.2, 0) is 5.41 Å². The first kappa shape index (κ1) is 27.8. The van der Waals surface area contributed by atoms with Crippen LogP contribution in [0.1, 0.15) is 25.0 Å². The molecule has 0 saturated carbocycles. The predicted octanol–water partition coefficient (Wildman–Crippen LogP) is 12.9. The lowest BCUT2D eigenvalue weighted by Gasteiger charge is -2.25. The minimum absolute atomic E-state index is 0.122. The minimum Gasteiger partial charge on any atom is -0.456 e. The average molecular weight is 634 g/mol. The Balaban J connectivity index is 1.04.